The van der Waals surface area contributed by atoms with Gasteiger partial charge in [-0.2, -0.15) is 0 Å². The maximum absolute atomic E-state index is 14.3. The first-order chi connectivity index (χ1) is 20.6. The molecule has 4 aromatic rings. The zero-order valence-electron chi connectivity index (χ0n) is 24.5. The third kappa shape index (κ3) is 8.08. The highest BCUT2D eigenvalue weighted by atomic mass is 32.2. The van der Waals surface area contributed by atoms with Crippen molar-refractivity contribution in [3.05, 3.63) is 131 Å². The number of aryl methyl sites for hydroxylation is 2. The van der Waals surface area contributed by atoms with Gasteiger partial charge in [-0.3, -0.25) is 13.9 Å². The maximum atomic E-state index is 14.3. The van der Waals surface area contributed by atoms with Gasteiger partial charge in [0.2, 0.25) is 11.8 Å². The van der Waals surface area contributed by atoms with E-state index < -0.39 is 34.3 Å². The summed E-state index contributed by atoms with van der Waals surface area (Å²) >= 11 is 0. The van der Waals surface area contributed by atoms with Crippen LogP contribution in [0.4, 0.5) is 10.1 Å². The minimum absolute atomic E-state index is 0.0278. The summed E-state index contributed by atoms with van der Waals surface area (Å²) < 4.78 is 42.9. The number of carbonyl (C=O) groups excluding carboxylic acids is 2. The Kier molecular flexibility index (Phi) is 10.3. The highest BCUT2D eigenvalue weighted by Crippen LogP contribution is 2.26. The number of likely N-dealkylation sites (N-methyl/N-ethyl adjacent to an activating group) is 1. The van der Waals surface area contributed by atoms with Crippen LogP contribution in [-0.4, -0.2) is 44.3 Å². The summed E-state index contributed by atoms with van der Waals surface area (Å²) in [5.74, 6) is -1.37. The highest BCUT2D eigenvalue weighted by Gasteiger charge is 2.34. The molecule has 0 aromatic heterocycles. The first-order valence-corrected chi connectivity index (χ1v) is 15.5. The lowest BCUT2D eigenvalue weighted by Gasteiger charge is -2.34. The lowest BCUT2D eigenvalue weighted by atomic mass is 10.0. The normalized spacial score (nSPS) is 11.9. The molecule has 0 fully saturated rings. The number of amides is 2. The molecule has 0 spiro atoms. The van der Waals surface area contributed by atoms with Gasteiger partial charge in [0.05, 0.1) is 10.6 Å². The number of nitrogens with one attached hydrogen (secondary N) is 1. The summed E-state index contributed by atoms with van der Waals surface area (Å²) in [6.45, 7) is 5.26. The zero-order valence-corrected chi connectivity index (χ0v) is 25.4. The lowest BCUT2D eigenvalue weighted by molar-refractivity contribution is -0.140. The van der Waals surface area contributed by atoms with Gasteiger partial charge in [0.25, 0.3) is 10.0 Å². The number of benzene rings is 4. The number of sulfonamides is 1. The van der Waals surface area contributed by atoms with Gasteiger partial charge >= 0.3 is 0 Å². The SMILES string of the molecule is CCNC(=O)C(Cc1ccccc1)N(Cc1ccc(F)cc1)C(=O)CN(c1cccc(C)c1)S(=O)(=O)c1ccc(C)cc1. The molecule has 0 radical (unpaired) electrons. The van der Waals surface area contributed by atoms with E-state index in [1.807, 2.05) is 50.2 Å². The van der Waals surface area contributed by atoms with Gasteiger partial charge in [0.1, 0.15) is 18.4 Å². The van der Waals surface area contributed by atoms with E-state index in [1.54, 1.807) is 49.4 Å². The molecule has 4 rings (SSSR count). The van der Waals surface area contributed by atoms with Gasteiger partial charge in [-0.15, -0.1) is 0 Å². The Morgan fingerprint density at radius 1 is 0.814 bits per heavy atom. The molecule has 1 N–H and O–H groups in total. The predicted octanol–water partition coefficient (Wildman–Crippen LogP) is 5.41. The first kappa shape index (κ1) is 31.4. The molecule has 0 saturated heterocycles. The van der Waals surface area contributed by atoms with Crippen molar-refractivity contribution in [1.29, 1.82) is 0 Å². The van der Waals surface area contributed by atoms with Crippen molar-refractivity contribution in [1.82, 2.24) is 10.2 Å². The largest absolute Gasteiger partial charge is 0.355 e. The van der Waals surface area contributed by atoms with E-state index in [9.17, 15) is 22.4 Å². The molecule has 1 atom stereocenters. The molecule has 4 aromatic carbocycles. The van der Waals surface area contributed by atoms with Crippen LogP contribution in [0.25, 0.3) is 0 Å². The zero-order chi connectivity index (χ0) is 31.0. The Morgan fingerprint density at radius 2 is 1.49 bits per heavy atom. The number of rotatable bonds is 12. The third-order valence-corrected chi connectivity index (χ3v) is 8.85. The van der Waals surface area contributed by atoms with E-state index in [2.05, 4.69) is 5.32 Å². The smallest absolute Gasteiger partial charge is 0.264 e. The van der Waals surface area contributed by atoms with Crippen molar-refractivity contribution in [2.45, 2.75) is 44.7 Å². The molecule has 0 aliphatic rings. The number of halogens is 1. The summed E-state index contributed by atoms with van der Waals surface area (Å²) in [4.78, 5) is 29.2. The van der Waals surface area contributed by atoms with Crippen LogP contribution in [0.1, 0.15) is 29.2 Å². The lowest BCUT2D eigenvalue weighted by Crippen LogP contribution is -2.53. The second-order valence-electron chi connectivity index (χ2n) is 10.4. The van der Waals surface area contributed by atoms with Gasteiger partial charge in [-0.05, 0) is 73.9 Å². The van der Waals surface area contributed by atoms with E-state index in [-0.39, 0.29) is 23.8 Å². The standard InChI is InChI=1S/C34H36FN3O4S/c1-4-36-34(40)32(22-27-10-6-5-7-11-27)37(23-28-15-17-29(35)18-16-28)33(39)24-38(30-12-8-9-26(3)21-30)43(41,42)31-19-13-25(2)14-20-31/h5-21,32H,4,22-24H2,1-3H3,(H,36,40). The van der Waals surface area contributed by atoms with E-state index in [0.717, 1.165) is 21.0 Å². The summed E-state index contributed by atoms with van der Waals surface area (Å²) in [6, 6.07) is 27.4. The van der Waals surface area contributed by atoms with E-state index in [4.69, 9.17) is 0 Å². The number of anilines is 1. The molecule has 1 unspecified atom stereocenters. The number of hydrogen-bond acceptors (Lipinski definition) is 4. The highest BCUT2D eigenvalue weighted by molar-refractivity contribution is 7.92. The number of nitrogens with zero attached hydrogens (tertiary/aromatic N) is 2. The topological polar surface area (TPSA) is 86.8 Å². The predicted molar refractivity (Wildman–Crippen MR) is 166 cm³/mol. The van der Waals surface area contributed by atoms with Crippen molar-refractivity contribution < 1.29 is 22.4 Å². The van der Waals surface area contributed by atoms with E-state index in [0.29, 0.717) is 17.8 Å². The molecule has 2 amide bonds. The van der Waals surface area contributed by atoms with Crippen molar-refractivity contribution in [3.8, 4) is 0 Å². The molecule has 43 heavy (non-hydrogen) atoms. The molecule has 9 heteroatoms. The Labute approximate surface area is 253 Å². The Morgan fingerprint density at radius 3 is 2.12 bits per heavy atom. The molecular formula is C34H36FN3O4S. The summed E-state index contributed by atoms with van der Waals surface area (Å²) in [5.41, 5.74) is 3.47. The number of carbonyl (C=O) groups is 2. The first-order valence-electron chi connectivity index (χ1n) is 14.1. The molecule has 0 aliphatic heterocycles. The fourth-order valence-corrected chi connectivity index (χ4v) is 6.19. The van der Waals surface area contributed by atoms with Crippen LogP contribution in [0.3, 0.4) is 0 Å². The molecule has 7 nitrogen and oxygen atoms in total. The average molecular weight is 602 g/mol. The van der Waals surface area contributed by atoms with Gasteiger partial charge in [-0.25, -0.2) is 12.8 Å². The third-order valence-electron chi connectivity index (χ3n) is 7.07. The molecule has 0 aliphatic carbocycles. The van der Waals surface area contributed by atoms with Crippen LogP contribution in [0, 0.1) is 19.7 Å². The monoisotopic (exact) mass is 601 g/mol. The minimum atomic E-state index is -4.17. The maximum Gasteiger partial charge on any atom is 0.264 e. The van der Waals surface area contributed by atoms with Crippen LogP contribution >= 0.6 is 0 Å². The van der Waals surface area contributed by atoms with Crippen LogP contribution in [0.2, 0.25) is 0 Å². The number of hydrogen-bond donors (Lipinski definition) is 1. The summed E-state index contributed by atoms with van der Waals surface area (Å²) in [6.07, 6.45) is 0.203. The Bertz CT molecular complexity index is 1640. The van der Waals surface area contributed by atoms with Gasteiger partial charge < -0.3 is 10.2 Å². The molecule has 0 saturated carbocycles. The van der Waals surface area contributed by atoms with Crippen LogP contribution in [0.5, 0.6) is 0 Å². The summed E-state index contributed by atoms with van der Waals surface area (Å²) in [7, 11) is -4.17. The molecular weight excluding hydrogens is 565 g/mol. The quantitative estimate of drug-likeness (QED) is 0.235. The van der Waals surface area contributed by atoms with Gasteiger partial charge in [0.15, 0.2) is 0 Å². The van der Waals surface area contributed by atoms with Gasteiger partial charge in [-0.1, -0.05) is 72.3 Å². The molecule has 224 valence electrons. The van der Waals surface area contributed by atoms with E-state index >= 15 is 0 Å². The minimum Gasteiger partial charge on any atom is -0.355 e. The fourth-order valence-electron chi connectivity index (χ4n) is 4.78. The van der Waals surface area contributed by atoms with Gasteiger partial charge in [0, 0.05) is 19.5 Å². The second-order valence-corrected chi connectivity index (χ2v) is 12.3. The molecule has 0 bridgehead atoms. The summed E-state index contributed by atoms with van der Waals surface area (Å²) in [5, 5.41) is 2.83. The Hall–Kier alpha value is -4.50. The Balaban J connectivity index is 1.79. The fraction of sp³-hybridized carbons (Fsp3) is 0.235. The van der Waals surface area contributed by atoms with E-state index in [1.165, 1.54) is 29.2 Å². The van der Waals surface area contributed by atoms with Crippen molar-refractivity contribution in [3.63, 3.8) is 0 Å². The van der Waals surface area contributed by atoms with Crippen LogP contribution in [-0.2, 0) is 32.6 Å². The van der Waals surface area contributed by atoms with Crippen molar-refractivity contribution in [2.24, 2.45) is 0 Å². The second kappa shape index (κ2) is 14.1. The van der Waals surface area contributed by atoms with Crippen LogP contribution in [0.15, 0.2) is 108 Å². The van der Waals surface area contributed by atoms with Crippen molar-refractivity contribution in [2.75, 3.05) is 17.4 Å². The van der Waals surface area contributed by atoms with Crippen molar-refractivity contribution >= 4 is 27.5 Å². The average Bonchev–Trinajstić information content (AvgIpc) is 2.99. The van der Waals surface area contributed by atoms with Crippen LogP contribution < -0.4 is 9.62 Å². The molecule has 0 heterocycles.